The van der Waals surface area contributed by atoms with Crippen LogP contribution >= 0.6 is 0 Å². The number of hydrogen-bond donors (Lipinski definition) is 1. The van der Waals surface area contributed by atoms with Crippen LogP contribution in [0, 0.1) is 11.8 Å². The lowest BCUT2D eigenvalue weighted by Crippen LogP contribution is -2.58. The Bertz CT molecular complexity index is 706. The fourth-order valence-electron chi connectivity index (χ4n) is 4.80. The molecule has 4 heterocycles. The first kappa shape index (κ1) is 16.4. The lowest BCUT2D eigenvalue weighted by Gasteiger charge is -2.50. The molecular weight excluding hydrogens is 322 g/mol. The molecule has 0 amide bonds. The number of rotatable bonds is 5. The Kier molecular flexibility index (Phi) is 4.31. The molecule has 3 fully saturated rings. The highest BCUT2D eigenvalue weighted by Crippen LogP contribution is 2.38. The van der Waals surface area contributed by atoms with Gasteiger partial charge in [0, 0.05) is 37.9 Å². The number of nitrogens with zero attached hydrogens (tertiary/aromatic N) is 2. The molecule has 0 radical (unpaired) electrons. The number of fused-ring (bicyclic) bond motifs is 4. The van der Waals surface area contributed by atoms with Gasteiger partial charge in [-0.3, -0.25) is 4.90 Å². The van der Waals surface area contributed by atoms with Gasteiger partial charge in [0.25, 0.3) is 0 Å². The third kappa shape index (κ3) is 3.32. The van der Waals surface area contributed by atoms with Gasteiger partial charge < -0.3 is 4.90 Å². The lowest BCUT2D eigenvalue weighted by molar-refractivity contribution is 0.00672. The van der Waals surface area contributed by atoms with E-state index in [1.54, 1.807) is 0 Å². The zero-order valence-corrected chi connectivity index (χ0v) is 15.1. The second-order valence-electron chi connectivity index (χ2n) is 7.64. The number of anilines is 1. The molecule has 5 rings (SSSR count). The number of piperidine rings is 3. The predicted octanol–water partition coefficient (Wildman–Crippen LogP) is 1.31. The molecule has 0 saturated carbocycles. The molecule has 6 heteroatoms. The summed E-state index contributed by atoms with van der Waals surface area (Å²) in [7, 11) is -3.09. The van der Waals surface area contributed by atoms with Crippen molar-refractivity contribution >= 4 is 15.7 Å². The maximum Gasteiger partial charge on any atom is 0.208 e. The van der Waals surface area contributed by atoms with Crippen molar-refractivity contribution in [3.05, 3.63) is 29.8 Å². The summed E-state index contributed by atoms with van der Waals surface area (Å²) >= 11 is 0. The van der Waals surface area contributed by atoms with Crippen LogP contribution in [-0.2, 0) is 16.4 Å². The average molecular weight is 350 g/mol. The van der Waals surface area contributed by atoms with E-state index in [4.69, 9.17) is 0 Å². The Morgan fingerprint density at radius 2 is 2.08 bits per heavy atom. The molecule has 0 aliphatic carbocycles. The van der Waals surface area contributed by atoms with Crippen molar-refractivity contribution in [3.8, 4) is 0 Å². The molecule has 4 aliphatic rings. The second kappa shape index (κ2) is 6.32. The molecule has 4 unspecified atom stereocenters. The van der Waals surface area contributed by atoms with Gasteiger partial charge in [0.05, 0.1) is 6.26 Å². The zero-order chi connectivity index (χ0) is 16.7. The maximum atomic E-state index is 11.4. The van der Waals surface area contributed by atoms with Gasteiger partial charge in [0.1, 0.15) is 0 Å². The second-order valence-corrected chi connectivity index (χ2v) is 9.47. The van der Waals surface area contributed by atoms with Crippen LogP contribution < -0.4 is 9.62 Å². The Labute approximate surface area is 145 Å². The van der Waals surface area contributed by atoms with Gasteiger partial charge in [-0.15, -0.1) is 0 Å². The highest BCUT2D eigenvalue weighted by atomic mass is 32.2. The molecule has 0 aromatic heterocycles. The molecule has 1 N–H and O–H groups in total. The van der Waals surface area contributed by atoms with E-state index in [0.717, 1.165) is 44.9 Å². The summed E-state index contributed by atoms with van der Waals surface area (Å²) in [6, 6.07) is 9.15. The van der Waals surface area contributed by atoms with E-state index in [1.165, 1.54) is 23.9 Å². The first-order valence-electron chi connectivity index (χ1n) is 9.01. The van der Waals surface area contributed by atoms with E-state index < -0.39 is 10.0 Å². The van der Waals surface area contributed by atoms with E-state index in [0.29, 0.717) is 18.5 Å². The Morgan fingerprint density at radius 3 is 2.83 bits per heavy atom. The minimum atomic E-state index is -3.09. The van der Waals surface area contributed by atoms with E-state index in [1.807, 2.05) is 0 Å². The minimum absolute atomic E-state index is 0.376. The fourth-order valence-corrected chi connectivity index (χ4v) is 5.29. The van der Waals surface area contributed by atoms with Crippen molar-refractivity contribution in [2.75, 3.05) is 43.9 Å². The standard InChI is InChI=1S/C18H27N3O2S/c1-24(22,23)19-11-17-10-15-7-8-20(17)12-16(15)13-21-9-6-14-4-2-3-5-18(14)21/h2-5,15-17,19H,6-13H2,1H3. The summed E-state index contributed by atoms with van der Waals surface area (Å²) in [5, 5.41) is 0. The molecule has 5 nitrogen and oxygen atoms in total. The number of hydrogen-bond acceptors (Lipinski definition) is 4. The van der Waals surface area contributed by atoms with Crippen molar-refractivity contribution in [1.82, 2.24) is 9.62 Å². The minimum Gasteiger partial charge on any atom is -0.371 e. The van der Waals surface area contributed by atoms with E-state index in [-0.39, 0.29) is 0 Å². The van der Waals surface area contributed by atoms with Gasteiger partial charge in [0.15, 0.2) is 0 Å². The lowest BCUT2D eigenvalue weighted by atomic mass is 9.75. The van der Waals surface area contributed by atoms with Crippen LogP contribution in [0.4, 0.5) is 5.69 Å². The van der Waals surface area contributed by atoms with Crippen LogP contribution in [0.1, 0.15) is 18.4 Å². The first-order valence-corrected chi connectivity index (χ1v) is 10.9. The fraction of sp³-hybridized carbons (Fsp3) is 0.667. The molecule has 4 atom stereocenters. The Hall–Kier alpha value is -1.11. The third-order valence-electron chi connectivity index (χ3n) is 6.03. The van der Waals surface area contributed by atoms with E-state index >= 15 is 0 Å². The smallest absolute Gasteiger partial charge is 0.208 e. The van der Waals surface area contributed by atoms with Gasteiger partial charge in [-0.25, -0.2) is 13.1 Å². The van der Waals surface area contributed by atoms with Crippen LogP contribution in [0.15, 0.2) is 24.3 Å². The van der Waals surface area contributed by atoms with E-state index in [9.17, 15) is 8.42 Å². The topological polar surface area (TPSA) is 52.7 Å². The molecule has 132 valence electrons. The summed E-state index contributed by atoms with van der Waals surface area (Å²) in [5.41, 5.74) is 2.90. The molecule has 1 aromatic carbocycles. The van der Waals surface area contributed by atoms with Gasteiger partial charge in [-0.05, 0) is 49.3 Å². The van der Waals surface area contributed by atoms with Crippen molar-refractivity contribution in [3.63, 3.8) is 0 Å². The zero-order valence-electron chi connectivity index (χ0n) is 14.3. The summed E-state index contributed by atoms with van der Waals surface area (Å²) in [6.45, 7) is 5.08. The summed E-state index contributed by atoms with van der Waals surface area (Å²) in [6.07, 6.45) is 4.80. The number of sulfonamides is 1. The normalized spacial score (nSPS) is 32.1. The van der Waals surface area contributed by atoms with Gasteiger partial charge in [0.2, 0.25) is 10.0 Å². The Morgan fingerprint density at radius 1 is 1.25 bits per heavy atom. The largest absolute Gasteiger partial charge is 0.371 e. The molecule has 0 spiro atoms. The van der Waals surface area contributed by atoms with Crippen LogP contribution in [0.5, 0.6) is 0 Å². The van der Waals surface area contributed by atoms with Gasteiger partial charge in [-0.2, -0.15) is 0 Å². The summed E-state index contributed by atoms with van der Waals surface area (Å²) in [5.74, 6) is 1.44. The average Bonchev–Trinajstić information content (AvgIpc) is 2.96. The SMILES string of the molecule is CS(=O)(=O)NCC1CC2CCN1CC2CN1CCc2ccccc21. The van der Waals surface area contributed by atoms with Gasteiger partial charge >= 0.3 is 0 Å². The van der Waals surface area contributed by atoms with Gasteiger partial charge in [-0.1, -0.05) is 18.2 Å². The molecule has 4 aliphatic heterocycles. The molecule has 24 heavy (non-hydrogen) atoms. The van der Waals surface area contributed by atoms with Crippen LogP contribution in [0.2, 0.25) is 0 Å². The Balaban J connectivity index is 1.38. The quantitative estimate of drug-likeness (QED) is 0.871. The summed E-state index contributed by atoms with van der Waals surface area (Å²) < 4.78 is 25.4. The molecular formula is C18H27N3O2S. The first-order chi connectivity index (χ1) is 11.5. The van der Waals surface area contributed by atoms with Crippen molar-refractivity contribution in [2.24, 2.45) is 11.8 Å². The molecule has 2 bridgehead atoms. The maximum absolute atomic E-state index is 11.4. The highest BCUT2D eigenvalue weighted by Gasteiger charge is 2.41. The molecule has 1 aromatic rings. The van der Waals surface area contributed by atoms with Crippen molar-refractivity contribution in [1.29, 1.82) is 0 Å². The third-order valence-corrected chi connectivity index (χ3v) is 6.72. The van der Waals surface area contributed by atoms with E-state index in [2.05, 4.69) is 38.8 Å². The van der Waals surface area contributed by atoms with Crippen LogP contribution in [0.3, 0.4) is 0 Å². The van der Waals surface area contributed by atoms with Crippen molar-refractivity contribution < 1.29 is 8.42 Å². The predicted molar refractivity (Wildman–Crippen MR) is 96.8 cm³/mol. The van der Waals surface area contributed by atoms with Crippen LogP contribution in [0.25, 0.3) is 0 Å². The number of benzene rings is 1. The summed E-state index contributed by atoms with van der Waals surface area (Å²) in [4.78, 5) is 5.07. The van der Waals surface area contributed by atoms with Crippen molar-refractivity contribution in [2.45, 2.75) is 25.3 Å². The van der Waals surface area contributed by atoms with Crippen LogP contribution in [-0.4, -0.2) is 58.3 Å². The molecule has 3 saturated heterocycles. The monoisotopic (exact) mass is 349 g/mol. The number of para-hydroxylation sites is 1. The number of nitrogens with one attached hydrogen (secondary N) is 1. The highest BCUT2D eigenvalue weighted by molar-refractivity contribution is 7.88.